The second-order valence-corrected chi connectivity index (χ2v) is 13.6. The molecule has 4 rings (SSSR count). The van der Waals surface area contributed by atoms with Crippen molar-refractivity contribution in [2.75, 3.05) is 6.61 Å². The van der Waals surface area contributed by atoms with Gasteiger partial charge in [0, 0.05) is 11.8 Å². The van der Waals surface area contributed by atoms with Crippen molar-refractivity contribution in [3.8, 4) is 0 Å². The van der Waals surface area contributed by atoms with E-state index in [0.717, 1.165) is 51.4 Å². The van der Waals surface area contributed by atoms with Crippen LogP contribution >= 0.6 is 0 Å². The topological polar surface area (TPSA) is 52.6 Å². The molecule has 216 valence electrons. The molecule has 38 heavy (non-hydrogen) atoms. The van der Waals surface area contributed by atoms with Crippen molar-refractivity contribution >= 4 is 11.9 Å². The number of carbonyl (C=O) groups is 2. The summed E-state index contributed by atoms with van der Waals surface area (Å²) in [4.78, 5) is 24.9. The van der Waals surface area contributed by atoms with Crippen LogP contribution in [0.5, 0.6) is 0 Å². The van der Waals surface area contributed by atoms with Gasteiger partial charge in [-0.1, -0.05) is 97.5 Å². The average molecular weight is 529 g/mol. The van der Waals surface area contributed by atoms with Crippen LogP contribution in [0.3, 0.4) is 0 Å². The number of hydrogen-bond donors (Lipinski definition) is 0. The SMILES string of the molecule is CCCCCCCCCCCCOC(=O)O[C@H]1CC[C@H]2[C@@H]3[C@H](CC)CC4=CC(=O)CC[C@@H]4[C@H]3[C@@H](C)C[C@]12C. The average Bonchev–Trinajstić information content (AvgIpc) is 3.21. The summed E-state index contributed by atoms with van der Waals surface area (Å²) in [6, 6.07) is 0. The minimum absolute atomic E-state index is 0.0292. The lowest BCUT2D eigenvalue weighted by Crippen LogP contribution is -2.54. The quantitative estimate of drug-likeness (QED) is 0.176. The van der Waals surface area contributed by atoms with E-state index in [2.05, 4.69) is 27.7 Å². The zero-order valence-corrected chi connectivity index (χ0v) is 25.0. The molecule has 0 heterocycles. The smallest absolute Gasteiger partial charge is 0.434 e. The van der Waals surface area contributed by atoms with Gasteiger partial charge in [-0.2, -0.15) is 0 Å². The summed E-state index contributed by atoms with van der Waals surface area (Å²) in [5.41, 5.74) is 1.49. The molecule has 8 atom stereocenters. The van der Waals surface area contributed by atoms with Gasteiger partial charge in [-0.15, -0.1) is 0 Å². The second-order valence-electron chi connectivity index (χ2n) is 13.6. The highest BCUT2D eigenvalue weighted by molar-refractivity contribution is 5.91. The Hall–Kier alpha value is -1.32. The number of hydrogen-bond acceptors (Lipinski definition) is 4. The molecule has 4 nitrogen and oxygen atoms in total. The lowest BCUT2D eigenvalue weighted by molar-refractivity contribution is -0.120. The van der Waals surface area contributed by atoms with Crippen LogP contribution in [0, 0.1) is 40.9 Å². The maximum Gasteiger partial charge on any atom is 0.508 e. The molecule has 4 aliphatic carbocycles. The molecule has 0 spiro atoms. The number of carbonyl (C=O) groups excluding carboxylic acids is 2. The van der Waals surface area contributed by atoms with Crippen LogP contribution in [0.1, 0.15) is 137 Å². The first-order valence-corrected chi connectivity index (χ1v) is 16.5. The fraction of sp³-hybridized carbons (Fsp3) is 0.882. The summed E-state index contributed by atoms with van der Waals surface area (Å²) in [5.74, 6) is 4.11. The zero-order valence-electron chi connectivity index (χ0n) is 25.0. The van der Waals surface area contributed by atoms with Crippen LogP contribution in [0.15, 0.2) is 11.6 Å². The van der Waals surface area contributed by atoms with E-state index in [-0.39, 0.29) is 11.5 Å². The summed E-state index contributed by atoms with van der Waals surface area (Å²) in [5, 5.41) is 0. The van der Waals surface area contributed by atoms with Crippen molar-refractivity contribution in [2.24, 2.45) is 40.9 Å². The molecule has 0 saturated heterocycles. The lowest BCUT2D eigenvalue weighted by atomic mass is 9.46. The predicted octanol–water partition coefficient (Wildman–Crippen LogP) is 9.45. The van der Waals surface area contributed by atoms with E-state index in [0.29, 0.717) is 47.9 Å². The lowest BCUT2D eigenvalue weighted by Gasteiger charge is -2.58. The summed E-state index contributed by atoms with van der Waals surface area (Å²) in [6.45, 7) is 9.92. The monoisotopic (exact) mass is 528 g/mol. The minimum atomic E-state index is -0.450. The Labute approximate surface area is 233 Å². The fourth-order valence-electron chi connectivity index (χ4n) is 9.39. The molecule has 0 unspecified atom stereocenters. The largest absolute Gasteiger partial charge is 0.508 e. The van der Waals surface area contributed by atoms with Crippen LogP contribution in [-0.2, 0) is 14.3 Å². The highest BCUT2D eigenvalue weighted by Crippen LogP contribution is 2.65. The third-order valence-electron chi connectivity index (χ3n) is 11.2. The van der Waals surface area contributed by atoms with Crippen LogP contribution in [0.25, 0.3) is 0 Å². The van der Waals surface area contributed by atoms with E-state index in [1.165, 1.54) is 63.4 Å². The van der Waals surface area contributed by atoms with Crippen LogP contribution in [-0.4, -0.2) is 24.6 Å². The Bertz CT molecular complexity index is 817. The highest BCUT2D eigenvalue weighted by Gasteiger charge is 2.61. The third kappa shape index (κ3) is 6.69. The number of rotatable bonds is 13. The standard InChI is InChI=1S/C34H56O4/c1-5-7-8-9-10-11-12-13-14-15-20-37-33(36)38-30-19-18-29-32-25(6-2)21-26-22-27(35)16-17-28(26)31(32)24(3)23-34(29,30)4/h22,24-25,28-32H,5-21,23H2,1-4H3/t24-,25+,28-,29-,30-,31+,32-,34-/m0/s1. The molecule has 0 aromatic carbocycles. The molecule has 4 aliphatic rings. The normalized spacial score (nSPS) is 36.2. The second kappa shape index (κ2) is 13.8. The Morgan fingerprint density at radius 2 is 1.63 bits per heavy atom. The molecule has 0 aliphatic heterocycles. The van der Waals surface area contributed by atoms with Crippen molar-refractivity contribution in [3.63, 3.8) is 0 Å². The first-order chi connectivity index (χ1) is 18.4. The number of unbranched alkanes of at least 4 members (excludes halogenated alkanes) is 9. The molecular weight excluding hydrogens is 472 g/mol. The van der Waals surface area contributed by atoms with Gasteiger partial charge in [0.25, 0.3) is 0 Å². The van der Waals surface area contributed by atoms with Gasteiger partial charge < -0.3 is 9.47 Å². The van der Waals surface area contributed by atoms with Crippen molar-refractivity contribution in [2.45, 2.75) is 143 Å². The maximum absolute atomic E-state index is 12.7. The first kappa shape index (κ1) is 29.7. The first-order valence-electron chi connectivity index (χ1n) is 16.5. The Kier molecular flexibility index (Phi) is 10.8. The van der Waals surface area contributed by atoms with Gasteiger partial charge in [0.1, 0.15) is 6.10 Å². The van der Waals surface area contributed by atoms with Crippen LogP contribution < -0.4 is 0 Å². The number of ketones is 1. The van der Waals surface area contributed by atoms with Crippen LogP contribution in [0.2, 0.25) is 0 Å². The Balaban J connectivity index is 1.24. The molecule has 0 aromatic heterocycles. The van der Waals surface area contributed by atoms with Crippen molar-refractivity contribution < 1.29 is 19.1 Å². The van der Waals surface area contributed by atoms with Gasteiger partial charge in [0.2, 0.25) is 0 Å². The predicted molar refractivity (Wildman–Crippen MR) is 154 cm³/mol. The van der Waals surface area contributed by atoms with Crippen molar-refractivity contribution in [1.82, 2.24) is 0 Å². The number of allylic oxidation sites excluding steroid dienone is 1. The maximum atomic E-state index is 12.7. The zero-order chi connectivity index (χ0) is 27.1. The fourth-order valence-corrected chi connectivity index (χ4v) is 9.39. The van der Waals surface area contributed by atoms with Crippen LogP contribution in [0.4, 0.5) is 4.79 Å². The number of fused-ring (bicyclic) bond motifs is 5. The van der Waals surface area contributed by atoms with E-state index in [1.54, 1.807) is 0 Å². The summed E-state index contributed by atoms with van der Waals surface area (Å²) in [6.07, 6.45) is 21.5. The van der Waals surface area contributed by atoms with E-state index in [1.807, 2.05) is 6.08 Å². The van der Waals surface area contributed by atoms with E-state index < -0.39 is 6.16 Å². The Morgan fingerprint density at radius 1 is 0.947 bits per heavy atom. The van der Waals surface area contributed by atoms with Gasteiger partial charge in [-0.25, -0.2) is 4.79 Å². The van der Waals surface area contributed by atoms with Gasteiger partial charge >= 0.3 is 6.16 Å². The molecule has 3 saturated carbocycles. The molecule has 0 N–H and O–H groups in total. The summed E-state index contributed by atoms with van der Waals surface area (Å²) in [7, 11) is 0. The molecular formula is C34H56O4. The van der Waals surface area contributed by atoms with Crippen molar-refractivity contribution in [1.29, 1.82) is 0 Å². The molecule has 0 bridgehead atoms. The summed E-state index contributed by atoms with van der Waals surface area (Å²) < 4.78 is 11.6. The molecule has 3 fully saturated rings. The summed E-state index contributed by atoms with van der Waals surface area (Å²) >= 11 is 0. The molecule has 4 heteroatoms. The van der Waals surface area contributed by atoms with Gasteiger partial charge in [0.15, 0.2) is 5.78 Å². The van der Waals surface area contributed by atoms with Gasteiger partial charge in [-0.3, -0.25) is 4.79 Å². The highest BCUT2D eigenvalue weighted by atomic mass is 16.7. The van der Waals surface area contributed by atoms with Gasteiger partial charge in [-0.05, 0) is 80.1 Å². The molecule has 0 amide bonds. The third-order valence-corrected chi connectivity index (χ3v) is 11.2. The number of ether oxygens (including phenoxy) is 2. The Morgan fingerprint density at radius 3 is 2.32 bits per heavy atom. The minimum Gasteiger partial charge on any atom is -0.434 e. The van der Waals surface area contributed by atoms with E-state index in [4.69, 9.17) is 9.47 Å². The molecule has 0 radical (unpaired) electrons. The van der Waals surface area contributed by atoms with E-state index in [9.17, 15) is 9.59 Å². The van der Waals surface area contributed by atoms with E-state index >= 15 is 0 Å². The van der Waals surface area contributed by atoms with Gasteiger partial charge in [0.05, 0.1) is 6.61 Å². The van der Waals surface area contributed by atoms with Crippen molar-refractivity contribution in [3.05, 3.63) is 11.6 Å². The molecule has 0 aromatic rings.